The molecule has 0 aromatic carbocycles. The van der Waals surface area contributed by atoms with Gasteiger partial charge in [-0.05, 0) is 19.3 Å². The molecule has 1 aliphatic carbocycles. The van der Waals surface area contributed by atoms with E-state index in [1.807, 2.05) is 0 Å². The van der Waals surface area contributed by atoms with Crippen molar-refractivity contribution in [3.8, 4) is 0 Å². The quantitative estimate of drug-likeness (QED) is 0.486. The van der Waals surface area contributed by atoms with Crippen LogP contribution >= 0.6 is 0 Å². The van der Waals surface area contributed by atoms with Crippen LogP contribution in [0.5, 0.6) is 0 Å². The lowest BCUT2D eigenvalue weighted by Crippen LogP contribution is -2.61. The van der Waals surface area contributed by atoms with Gasteiger partial charge in [-0.3, -0.25) is 14.4 Å². The molecule has 3 amide bonds. The largest absolute Gasteiger partial charge is 0.368 e. The first-order valence-electron chi connectivity index (χ1n) is 5.00. The highest BCUT2D eigenvalue weighted by Crippen LogP contribution is 2.30. The third-order valence-electron chi connectivity index (χ3n) is 2.65. The van der Waals surface area contributed by atoms with Crippen molar-refractivity contribution in [3.05, 3.63) is 0 Å². The van der Waals surface area contributed by atoms with Crippen LogP contribution in [0.4, 0.5) is 0 Å². The van der Waals surface area contributed by atoms with Crippen LogP contribution in [0.2, 0.25) is 0 Å². The lowest BCUT2D eigenvalue weighted by molar-refractivity contribution is -0.144. The second-order valence-electron chi connectivity index (χ2n) is 4.10. The molecular weight excluding hydrogens is 212 g/mol. The molecule has 1 aliphatic rings. The molecule has 1 fully saturated rings. The van der Waals surface area contributed by atoms with Crippen LogP contribution in [0.25, 0.3) is 0 Å². The molecule has 0 spiro atoms. The maximum atomic E-state index is 11.9. The van der Waals surface area contributed by atoms with E-state index in [1.165, 1.54) is 0 Å². The monoisotopic (exact) mass is 228 g/mol. The highest BCUT2D eigenvalue weighted by Gasteiger charge is 2.43. The summed E-state index contributed by atoms with van der Waals surface area (Å²) in [6, 6.07) is 0. The highest BCUT2D eigenvalue weighted by molar-refractivity contribution is 5.93. The van der Waals surface area contributed by atoms with Gasteiger partial charge in [-0.2, -0.15) is 0 Å². The summed E-state index contributed by atoms with van der Waals surface area (Å²) in [6.45, 7) is -0.665. The SMILES string of the molecule is NC(=O)CN(CC(N)=O)C(=O)C1(N)CCC1. The van der Waals surface area contributed by atoms with E-state index in [1.54, 1.807) is 0 Å². The first kappa shape index (κ1) is 12.4. The minimum absolute atomic E-state index is 0.333. The second-order valence-corrected chi connectivity index (χ2v) is 4.10. The molecule has 0 atom stereocenters. The molecule has 0 bridgehead atoms. The Morgan fingerprint density at radius 2 is 1.50 bits per heavy atom. The Morgan fingerprint density at radius 3 is 1.75 bits per heavy atom. The van der Waals surface area contributed by atoms with Gasteiger partial charge in [0, 0.05) is 0 Å². The summed E-state index contributed by atoms with van der Waals surface area (Å²) in [7, 11) is 0. The van der Waals surface area contributed by atoms with Crippen molar-refractivity contribution in [2.45, 2.75) is 24.8 Å². The lowest BCUT2D eigenvalue weighted by Gasteiger charge is -2.39. The summed E-state index contributed by atoms with van der Waals surface area (Å²) in [5, 5.41) is 0. The van der Waals surface area contributed by atoms with Gasteiger partial charge < -0.3 is 22.1 Å². The van der Waals surface area contributed by atoms with Crippen LogP contribution in [-0.2, 0) is 14.4 Å². The number of hydrogen-bond donors (Lipinski definition) is 3. The Balaban J connectivity index is 2.70. The summed E-state index contributed by atoms with van der Waals surface area (Å²) < 4.78 is 0. The number of primary amides is 2. The fourth-order valence-corrected chi connectivity index (χ4v) is 1.66. The van der Waals surface area contributed by atoms with E-state index in [-0.39, 0.29) is 13.1 Å². The predicted molar refractivity (Wildman–Crippen MR) is 55.7 cm³/mol. The Kier molecular flexibility index (Phi) is 3.48. The molecule has 90 valence electrons. The van der Waals surface area contributed by atoms with E-state index < -0.39 is 23.3 Å². The number of carbonyl (C=O) groups excluding carboxylic acids is 3. The highest BCUT2D eigenvalue weighted by atomic mass is 16.2. The molecule has 0 aromatic rings. The summed E-state index contributed by atoms with van der Waals surface area (Å²) in [5.41, 5.74) is 14.8. The predicted octanol–water partition coefficient (Wildman–Crippen LogP) is -2.33. The summed E-state index contributed by atoms with van der Waals surface area (Å²) in [4.78, 5) is 34.5. The van der Waals surface area contributed by atoms with Gasteiger partial charge in [0.15, 0.2) is 0 Å². The topological polar surface area (TPSA) is 133 Å². The van der Waals surface area contributed by atoms with E-state index in [0.29, 0.717) is 12.8 Å². The third-order valence-corrected chi connectivity index (χ3v) is 2.65. The van der Waals surface area contributed by atoms with Crippen molar-refractivity contribution in [2.75, 3.05) is 13.1 Å². The maximum Gasteiger partial charge on any atom is 0.243 e. The van der Waals surface area contributed by atoms with Crippen molar-refractivity contribution >= 4 is 17.7 Å². The molecule has 16 heavy (non-hydrogen) atoms. The lowest BCUT2D eigenvalue weighted by atomic mass is 9.76. The zero-order valence-electron chi connectivity index (χ0n) is 8.94. The van der Waals surface area contributed by atoms with Crippen LogP contribution in [0.15, 0.2) is 0 Å². The molecule has 7 heteroatoms. The first-order chi connectivity index (χ1) is 7.35. The molecule has 0 heterocycles. The number of hydrogen-bond acceptors (Lipinski definition) is 4. The third kappa shape index (κ3) is 2.69. The fourth-order valence-electron chi connectivity index (χ4n) is 1.66. The van der Waals surface area contributed by atoms with Crippen molar-refractivity contribution in [1.29, 1.82) is 0 Å². The van der Waals surface area contributed by atoms with E-state index in [2.05, 4.69) is 0 Å². The number of rotatable bonds is 5. The zero-order valence-corrected chi connectivity index (χ0v) is 8.94. The first-order valence-corrected chi connectivity index (χ1v) is 5.00. The smallest absolute Gasteiger partial charge is 0.243 e. The summed E-state index contributed by atoms with van der Waals surface area (Å²) in [5.74, 6) is -1.83. The van der Waals surface area contributed by atoms with Crippen LogP contribution < -0.4 is 17.2 Å². The van der Waals surface area contributed by atoms with Gasteiger partial charge in [-0.1, -0.05) is 0 Å². The van der Waals surface area contributed by atoms with Gasteiger partial charge in [-0.15, -0.1) is 0 Å². The zero-order chi connectivity index (χ0) is 12.3. The number of carbonyl (C=O) groups is 3. The van der Waals surface area contributed by atoms with Gasteiger partial charge in [0.1, 0.15) is 0 Å². The summed E-state index contributed by atoms with van der Waals surface area (Å²) in [6.07, 6.45) is 1.98. The van der Waals surface area contributed by atoms with E-state index >= 15 is 0 Å². The van der Waals surface area contributed by atoms with Gasteiger partial charge in [0.2, 0.25) is 17.7 Å². The summed E-state index contributed by atoms with van der Waals surface area (Å²) >= 11 is 0. The van der Waals surface area contributed by atoms with Gasteiger partial charge >= 0.3 is 0 Å². The van der Waals surface area contributed by atoms with Crippen molar-refractivity contribution in [1.82, 2.24) is 4.90 Å². The average molecular weight is 228 g/mol. The molecule has 0 aromatic heterocycles. The Bertz CT molecular complexity index is 309. The molecule has 6 N–H and O–H groups in total. The van der Waals surface area contributed by atoms with E-state index in [9.17, 15) is 14.4 Å². The molecule has 0 radical (unpaired) electrons. The molecule has 1 saturated carbocycles. The molecule has 7 nitrogen and oxygen atoms in total. The average Bonchev–Trinajstić information content (AvgIpc) is 2.10. The second kappa shape index (κ2) is 4.48. The van der Waals surface area contributed by atoms with Crippen LogP contribution in [-0.4, -0.2) is 41.2 Å². The minimum Gasteiger partial charge on any atom is -0.368 e. The maximum absolute atomic E-state index is 11.9. The standard InChI is InChI=1S/C9H16N4O3/c10-6(14)4-13(5-7(11)15)8(16)9(12)2-1-3-9/h1-5,12H2,(H2,10,14)(H2,11,15). The Labute approximate surface area is 92.9 Å². The van der Waals surface area contributed by atoms with E-state index in [4.69, 9.17) is 17.2 Å². The van der Waals surface area contributed by atoms with Gasteiger partial charge in [0.05, 0.1) is 18.6 Å². The van der Waals surface area contributed by atoms with Crippen molar-refractivity contribution < 1.29 is 14.4 Å². The molecule has 0 aliphatic heterocycles. The molecule has 0 unspecified atom stereocenters. The number of nitrogens with two attached hydrogens (primary N) is 3. The van der Waals surface area contributed by atoms with E-state index in [0.717, 1.165) is 11.3 Å². The Morgan fingerprint density at radius 1 is 1.06 bits per heavy atom. The normalized spacial score (nSPS) is 17.3. The Hall–Kier alpha value is -1.63. The molecule has 0 saturated heterocycles. The van der Waals surface area contributed by atoms with Crippen LogP contribution in [0, 0.1) is 0 Å². The van der Waals surface area contributed by atoms with Crippen molar-refractivity contribution in [2.24, 2.45) is 17.2 Å². The number of nitrogens with zero attached hydrogens (tertiary/aromatic N) is 1. The van der Waals surface area contributed by atoms with Gasteiger partial charge in [-0.25, -0.2) is 0 Å². The molecule has 1 rings (SSSR count). The van der Waals surface area contributed by atoms with Gasteiger partial charge in [0.25, 0.3) is 0 Å². The number of amides is 3. The van der Waals surface area contributed by atoms with Crippen molar-refractivity contribution in [3.63, 3.8) is 0 Å². The van der Waals surface area contributed by atoms with Crippen LogP contribution in [0.3, 0.4) is 0 Å². The minimum atomic E-state index is -0.953. The molecular formula is C9H16N4O3. The fraction of sp³-hybridized carbons (Fsp3) is 0.667. The van der Waals surface area contributed by atoms with Crippen LogP contribution in [0.1, 0.15) is 19.3 Å².